The number of hydrogen-bond acceptors (Lipinski definition) is 5. The van der Waals surface area contributed by atoms with Gasteiger partial charge in [-0.15, -0.1) is 0 Å². The van der Waals surface area contributed by atoms with Crippen molar-refractivity contribution < 1.29 is 29.0 Å². The highest BCUT2D eigenvalue weighted by Crippen LogP contribution is 2.14. The van der Waals surface area contributed by atoms with Crippen molar-refractivity contribution >= 4 is 17.9 Å². The molecular formula is C10H16O6. The van der Waals surface area contributed by atoms with E-state index in [-0.39, 0.29) is 0 Å². The predicted octanol–water partition coefficient (Wildman–Crippen LogP) is 0.592. The van der Waals surface area contributed by atoms with Crippen molar-refractivity contribution in [3.63, 3.8) is 0 Å². The standard InChI is InChI=1S/C10H16O6/c1-10(2,3)16-9(14)6(8(12)13)5-7(11)15-4/h6H,5H2,1-4H3,(H,12,13). The molecule has 0 aromatic carbocycles. The molecule has 0 radical (unpaired) electrons. The summed E-state index contributed by atoms with van der Waals surface area (Å²) in [6.07, 6.45) is -0.527. The second-order valence-corrected chi connectivity index (χ2v) is 4.20. The maximum atomic E-state index is 11.4. The van der Waals surface area contributed by atoms with Crippen LogP contribution in [0.4, 0.5) is 0 Å². The summed E-state index contributed by atoms with van der Waals surface area (Å²) in [5.41, 5.74) is -0.791. The number of carboxylic acids is 1. The average Bonchev–Trinajstić information content (AvgIpc) is 2.09. The SMILES string of the molecule is COC(=O)CC(C(=O)O)C(=O)OC(C)(C)C. The van der Waals surface area contributed by atoms with Crippen LogP contribution < -0.4 is 0 Å². The molecule has 1 N–H and O–H groups in total. The van der Waals surface area contributed by atoms with Gasteiger partial charge in [0.2, 0.25) is 0 Å². The third-order valence-electron chi connectivity index (χ3n) is 1.59. The maximum absolute atomic E-state index is 11.4. The molecule has 0 spiro atoms. The van der Waals surface area contributed by atoms with E-state index in [0.717, 1.165) is 7.11 Å². The van der Waals surface area contributed by atoms with E-state index < -0.39 is 35.8 Å². The van der Waals surface area contributed by atoms with Crippen molar-refractivity contribution in [1.29, 1.82) is 0 Å². The van der Waals surface area contributed by atoms with Crippen LogP contribution in [0.15, 0.2) is 0 Å². The van der Waals surface area contributed by atoms with Crippen LogP contribution in [-0.4, -0.2) is 35.7 Å². The molecule has 0 fully saturated rings. The normalized spacial score (nSPS) is 12.8. The molecule has 0 aliphatic rings. The van der Waals surface area contributed by atoms with E-state index in [0.29, 0.717) is 0 Å². The fourth-order valence-corrected chi connectivity index (χ4v) is 0.894. The first-order valence-electron chi connectivity index (χ1n) is 4.70. The zero-order chi connectivity index (χ0) is 12.9. The molecule has 0 aromatic heterocycles. The maximum Gasteiger partial charge on any atom is 0.321 e. The van der Waals surface area contributed by atoms with Crippen LogP contribution in [0.25, 0.3) is 0 Å². The Hall–Kier alpha value is -1.59. The zero-order valence-electron chi connectivity index (χ0n) is 9.77. The van der Waals surface area contributed by atoms with Gasteiger partial charge in [0, 0.05) is 0 Å². The Bertz CT molecular complexity index is 288. The number of rotatable bonds is 4. The summed E-state index contributed by atoms with van der Waals surface area (Å²) in [7, 11) is 1.12. The molecule has 1 unspecified atom stereocenters. The van der Waals surface area contributed by atoms with Gasteiger partial charge in [0.25, 0.3) is 0 Å². The highest BCUT2D eigenvalue weighted by atomic mass is 16.6. The van der Waals surface area contributed by atoms with Crippen LogP contribution in [0.5, 0.6) is 0 Å². The number of carbonyl (C=O) groups excluding carboxylic acids is 2. The lowest BCUT2D eigenvalue weighted by molar-refractivity contribution is -0.170. The van der Waals surface area contributed by atoms with Crippen LogP contribution in [0.3, 0.4) is 0 Å². The van der Waals surface area contributed by atoms with Crippen molar-refractivity contribution in [2.75, 3.05) is 7.11 Å². The topological polar surface area (TPSA) is 89.9 Å². The Morgan fingerprint density at radius 3 is 2.06 bits per heavy atom. The smallest absolute Gasteiger partial charge is 0.321 e. The lowest BCUT2D eigenvalue weighted by atomic mass is 10.1. The summed E-state index contributed by atoms with van der Waals surface area (Å²) in [5.74, 6) is -4.63. The van der Waals surface area contributed by atoms with Crippen LogP contribution in [0.2, 0.25) is 0 Å². The molecule has 0 aromatic rings. The third kappa shape index (κ3) is 5.33. The van der Waals surface area contributed by atoms with E-state index in [1.54, 1.807) is 20.8 Å². The second kappa shape index (κ2) is 5.48. The first-order chi connectivity index (χ1) is 7.17. The van der Waals surface area contributed by atoms with E-state index in [9.17, 15) is 14.4 Å². The first-order valence-corrected chi connectivity index (χ1v) is 4.70. The average molecular weight is 232 g/mol. The van der Waals surface area contributed by atoms with Crippen molar-refractivity contribution in [3.05, 3.63) is 0 Å². The largest absolute Gasteiger partial charge is 0.481 e. The van der Waals surface area contributed by atoms with E-state index in [4.69, 9.17) is 9.84 Å². The molecule has 0 aliphatic carbocycles. The minimum absolute atomic E-state index is 0.527. The van der Waals surface area contributed by atoms with Crippen molar-refractivity contribution in [2.45, 2.75) is 32.8 Å². The Morgan fingerprint density at radius 1 is 1.25 bits per heavy atom. The van der Waals surface area contributed by atoms with Crippen molar-refractivity contribution in [1.82, 2.24) is 0 Å². The van der Waals surface area contributed by atoms with Gasteiger partial charge in [0.15, 0.2) is 5.92 Å². The lowest BCUT2D eigenvalue weighted by Gasteiger charge is -2.21. The van der Waals surface area contributed by atoms with Crippen LogP contribution in [0, 0.1) is 5.92 Å². The molecule has 0 amide bonds. The number of esters is 2. The molecule has 0 aliphatic heterocycles. The summed E-state index contributed by atoms with van der Waals surface area (Å²) in [6, 6.07) is 0. The van der Waals surface area contributed by atoms with Crippen LogP contribution >= 0.6 is 0 Å². The highest BCUT2D eigenvalue weighted by molar-refractivity contribution is 5.97. The quantitative estimate of drug-likeness (QED) is 0.563. The van der Waals surface area contributed by atoms with Crippen LogP contribution in [-0.2, 0) is 23.9 Å². The lowest BCUT2D eigenvalue weighted by Crippen LogP contribution is -2.34. The minimum Gasteiger partial charge on any atom is -0.481 e. The number of ether oxygens (including phenoxy) is 2. The number of aliphatic carboxylic acids is 1. The Morgan fingerprint density at radius 2 is 1.75 bits per heavy atom. The van der Waals surface area contributed by atoms with Crippen molar-refractivity contribution in [3.8, 4) is 0 Å². The van der Waals surface area contributed by atoms with E-state index in [1.165, 1.54) is 0 Å². The minimum atomic E-state index is -1.52. The number of hydrogen-bond donors (Lipinski definition) is 1. The van der Waals surface area contributed by atoms with Gasteiger partial charge in [-0.2, -0.15) is 0 Å². The monoisotopic (exact) mass is 232 g/mol. The van der Waals surface area contributed by atoms with E-state index >= 15 is 0 Å². The molecular weight excluding hydrogens is 216 g/mol. The summed E-state index contributed by atoms with van der Waals surface area (Å²) < 4.78 is 9.18. The molecule has 0 saturated carbocycles. The number of methoxy groups -OCH3 is 1. The summed E-state index contributed by atoms with van der Waals surface area (Å²) in [6.45, 7) is 4.84. The van der Waals surface area contributed by atoms with Gasteiger partial charge in [0.05, 0.1) is 13.5 Å². The van der Waals surface area contributed by atoms with Gasteiger partial charge in [-0.1, -0.05) is 0 Å². The second-order valence-electron chi connectivity index (χ2n) is 4.20. The summed E-state index contributed by atoms with van der Waals surface area (Å²) >= 11 is 0. The zero-order valence-corrected chi connectivity index (χ0v) is 9.77. The summed E-state index contributed by atoms with van der Waals surface area (Å²) in [4.78, 5) is 33.1. The van der Waals surface area contributed by atoms with E-state index in [1.807, 2.05) is 0 Å². The molecule has 16 heavy (non-hydrogen) atoms. The number of carboxylic acid groups (broad SMARTS) is 1. The molecule has 0 saturated heterocycles. The van der Waals surface area contributed by atoms with Gasteiger partial charge in [0.1, 0.15) is 5.60 Å². The molecule has 1 atom stereocenters. The fraction of sp³-hybridized carbons (Fsp3) is 0.700. The van der Waals surface area contributed by atoms with Gasteiger partial charge in [-0.3, -0.25) is 14.4 Å². The van der Waals surface area contributed by atoms with Crippen LogP contribution in [0.1, 0.15) is 27.2 Å². The van der Waals surface area contributed by atoms with Crippen molar-refractivity contribution in [2.24, 2.45) is 5.92 Å². The molecule has 6 heteroatoms. The Labute approximate surface area is 93.5 Å². The highest BCUT2D eigenvalue weighted by Gasteiger charge is 2.33. The first kappa shape index (κ1) is 14.4. The Balaban J connectivity index is 4.61. The van der Waals surface area contributed by atoms with Gasteiger partial charge >= 0.3 is 17.9 Å². The Kier molecular flexibility index (Phi) is 4.94. The van der Waals surface area contributed by atoms with Gasteiger partial charge in [-0.05, 0) is 20.8 Å². The van der Waals surface area contributed by atoms with E-state index in [2.05, 4.69) is 4.74 Å². The van der Waals surface area contributed by atoms with Gasteiger partial charge in [-0.25, -0.2) is 0 Å². The molecule has 92 valence electrons. The van der Waals surface area contributed by atoms with Gasteiger partial charge < -0.3 is 14.6 Å². The molecule has 0 heterocycles. The molecule has 6 nitrogen and oxygen atoms in total. The fourth-order valence-electron chi connectivity index (χ4n) is 0.894. The number of carbonyl (C=O) groups is 3. The summed E-state index contributed by atoms with van der Waals surface area (Å²) in [5, 5.41) is 8.78. The molecule has 0 rings (SSSR count). The molecule has 0 bridgehead atoms. The predicted molar refractivity (Wildman–Crippen MR) is 53.6 cm³/mol. The third-order valence-corrected chi connectivity index (χ3v) is 1.59.